The van der Waals surface area contributed by atoms with Crippen molar-refractivity contribution in [2.45, 2.75) is 32.2 Å². The molecule has 1 aliphatic heterocycles. The summed E-state index contributed by atoms with van der Waals surface area (Å²) < 4.78 is 1.39. The van der Waals surface area contributed by atoms with Gasteiger partial charge in [-0.1, -0.05) is 5.21 Å². The number of rotatable bonds is 5. The Bertz CT molecular complexity index is 507. The van der Waals surface area contributed by atoms with Gasteiger partial charge >= 0.3 is 5.97 Å². The Balaban J connectivity index is 2.26. The number of amides is 1. The highest BCUT2D eigenvalue weighted by Crippen LogP contribution is 2.18. The molecule has 0 bridgehead atoms. The van der Waals surface area contributed by atoms with Gasteiger partial charge < -0.3 is 15.7 Å². The monoisotopic (exact) mass is 281 g/mol. The van der Waals surface area contributed by atoms with E-state index in [1.54, 1.807) is 11.8 Å². The Hall–Kier alpha value is -1.96. The van der Waals surface area contributed by atoms with Crippen LogP contribution in [0.15, 0.2) is 0 Å². The fraction of sp³-hybridized carbons (Fsp3) is 0.667. The van der Waals surface area contributed by atoms with Gasteiger partial charge in [-0.3, -0.25) is 4.79 Å². The van der Waals surface area contributed by atoms with Crippen LogP contribution in [0.25, 0.3) is 0 Å². The lowest BCUT2D eigenvalue weighted by Gasteiger charge is -2.21. The topological polar surface area (TPSA) is 114 Å². The molecule has 1 aromatic heterocycles. The molecule has 8 nitrogen and oxygen atoms in total. The molecule has 1 aromatic rings. The first-order valence-corrected chi connectivity index (χ1v) is 6.72. The highest BCUT2D eigenvalue weighted by molar-refractivity contribution is 5.87. The van der Waals surface area contributed by atoms with Gasteiger partial charge in [-0.25, -0.2) is 9.48 Å². The summed E-state index contributed by atoms with van der Waals surface area (Å²) in [6.07, 6.45) is 2.34. The van der Waals surface area contributed by atoms with Crippen LogP contribution in [0, 0.1) is 0 Å². The van der Waals surface area contributed by atoms with Crippen molar-refractivity contribution in [3.05, 3.63) is 11.4 Å². The number of carboxylic acid groups (broad SMARTS) is 1. The van der Waals surface area contributed by atoms with Crippen molar-refractivity contribution >= 4 is 11.9 Å². The summed E-state index contributed by atoms with van der Waals surface area (Å²) in [6, 6.07) is -0.560. The highest BCUT2D eigenvalue weighted by atomic mass is 16.4. The van der Waals surface area contributed by atoms with Crippen LogP contribution in [-0.2, 0) is 11.2 Å². The third kappa shape index (κ3) is 2.64. The van der Waals surface area contributed by atoms with Crippen LogP contribution in [0.1, 0.15) is 42.0 Å². The standard InChI is InChI=1S/C12H19N5O3/c1-8(11(18)16-6-2-3-7-16)17-9(4-5-13)10(12(19)20)14-15-17/h8H,2-7,13H2,1H3,(H,19,20). The third-order valence-corrected chi connectivity index (χ3v) is 3.52. The Labute approximate surface area is 116 Å². The van der Waals surface area contributed by atoms with E-state index in [-0.39, 0.29) is 18.1 Å². The number of carbonyl (C=O) groups excluding carboxylic acids is 1. The smallest absolute Gasteiger partial charge is 0.358 e. The number of nitrogens with zero attached hydrogens (tertiary/aromatic N) is 4. The molecule has 2 rings (SSSR count). The van der Waals surface area contributed by atoms with Crippen LogP contribution in [0.2, 0.25) is 0 Å². The van der Waals surface area contributed by atoms with Gasteiger partial charge in [-0.05, 0) is 26.3 Å². The molecule has 0 saturated carbocycles. The Kier molecular flexibility index (Phi) is 4.33. The van der Waals surface area contributed by atoms with E-state index in [1.165, 1.54) is 4.68 Å². The van der Waals surface area contributed by atoms with E-state index in [9.17, 15) is 9.59 Å². The predicted octanol–water partition coefficient (Wildman–Crippen LogP) is -0.339. The lowest BCUT2D eigenvalue weighted by molar-refractivity contribution is -0.133. The molecule has 8 heteroatoms. The second-order valence-electron chi connectivity index (χ2n) is 4.88. The summed E-state index contributed by atoms with van der Waals surface area (Å²) in [4.78, 5) is 25.2. The van der Waals surface area contributed by atoms with Crippen molar-refractivity contribution in [3.63, 3.8) is 0 Å². The molecule has 0 radical (unpaired) electrons. The van der Waals surface area contributed by atoms with Crippen molar-refractivity contribution in [2.75, 3.05) is 19.6 Å². The summed E-state index contributed by atoms with van der Waals surface area (Å²) in [5.41, 5.74) is 5.77. The first-order chi connectivity index (χ1) is 9.56. The predicted molar refractivity (Wildman–Crippen MR) is 70.3 cm³/mol. The third-order valence-electron chi connectivity index (χ3n) is 3.52. The molecule has 0 spiro atoms. The summed E-state index contributed by atoms with van der Waals surface area (Å²) in [6.45, 7) is 3.48. The minimum absolute atomic E-state index is 0.0531. The second-order valence-corrected chi connectivity index (χ2v) is 4.88. The van der Waals surface area contributed by atoms with Gasteiger partial charge in [-0.2, -0.15) is 0 Å². The van der Waals surface area contributed by atoms with Crippen molar-refractivity contribution in [1.82, 2.24) is 19.9 Å². The Morgan fingerprint density at radius 2 is 2.05 bits per heavy atom. The number of aromatic carboxylic acids is 1. The van der Waals surface area contributed by atoms with E-state index >= 15 is 0 Å². The number of carbonyl (C=O) groups is 2. The molecular weight excluding hydrogens is 262 g/mol. The highest BCUT2D eigenvalue weighted by Gasteiger charge is 2.29. The van der Waals surface area contributed by atoms with Crippen LogP contribution in [-0.4, -0.2) is 56.5 Å². The van der Waals surface area contributed by atoms with Crippen LogP contribution in [0.4, 0.5) is 0 Å². The average Bonchev–Trinajstić information content (AvgIpc) is 3.06. The largest absolute Gasteiger partial charge is 0.476 e. The summed E-state index contributed by atoms with van der Waals surface area (Å²) in [5.74, 6) is -1.21. The quantitative estimate of drug-likeness (QED) is 0.763. The van der Waals surface area contributed by atoms with Crippen molar-refractivity contribution in [3.8, 4) is 0 Å². The Morgan fingerprint density at radius 1 is 1.40 bits per heavy atom. The van der Waals surface area contributed by atoms with Gasteiger partial charge in [0.15, 0.2) is 5.69 Å². The van der Waals surface area contributed by atoms with Crippen LogP contribution in [0.3, 0.4) is 0 Å². The second kappa shape index (κ2) is 6.00. The molecule has 3 N–H and O–H groups in total. The zero-order valence-corrected chi connectivity index (χ0v) is 11.4. The number of aromatic nitrogens is 3. The summed E-state index contributed by atoms with van der Waals surface area (Å²) in [5, 5.41) is 16.6. The fourth-order valence-corrected chi connectivity index (χ4v) is 2.47. The number of carboxylic acids is 1. The molecule has 1 unspecified atom stereocenters. The van der Waals surface area contributed by atoms with Crippen molar-refractivity contribution < 1.29 is 14.7 Å². The maximum absolute atomic E-state index is 12.3. The van der Waals surface area contributed by atoms with Crippen molar-refractivity contribution in [2.24, 2.45) is 5.73 Å². The molecule has 20 heavy (non-hydrogen) atoms. The van der Waals surface area contributed by atoms with E-state index < -0.39 is 12.0 Å². The minimum Gasteiger partial charge on any atom is -0.476 e. The molecule has 1 atom stereocenters. The van der Waals surface area contributed by atoms with Crippen molar-refractivity contribution in [1.29, 1.82) is 0 Å². The fourth-order valence-electron chi connectivity index (χ4n) is 2.47. The minimum atomic E-state index is -1.15. The summed E-state index contributed by atoms with van der Waals surface area (Å²) in [7, 11) is 0. The molecule has 0 aliphatic carbocycles. The van der Waals surface area contributed by atoms with Gasteiger partial charge in [0.05, 0.1) is 5.69 Å². The lowest BCUT2D eigenvalue weighted by atomic mass is 10.2. The van der Waals surface area contributed by atoms with Gasteiger partial charge in [0.2, 0.25) is 5.91 Å². The zero-order valence-electron chi connectivity index (χ0n) is 11.4. The van der Waals surface area contributed by atoms with E-state index in [1.807, 2.05) is 0 Å². The maximum Gasteiger partial charge on any atom is 0.358 e. The number of hydrogen-bond donors (Lipinski definition) is 2. The molecule has 110 valence electrons. The van der Waals surface area contributed by atoms with Gasteiger partial charge in [0.25, 0.3) is 0 Å². The van der Waals surface area contributed by atoms with Gasteiger partial charge in [0.1, 0.15) is 6.04 Å². The van der Waals surface area contributed by atoms with E-state index in [0.29, 0.717) is 12.1 Å². The van der Waals surface area contributed by atoms with E-state index in [4.69, 9.17) is 10.8 Å². The molecule has 2 heterocycles. The number of nitrogens with two attached hydrogens (primary N) is 1. The number of likely N-dealkylation sites (tertiary alicyclic amines) is 1. The normalized spacial score (nSPS) is 16.4. The lowest BCUT2D eigenvalue weighted by Crippen LogP contribution is -2.35. The number of hydrogen-bond acceptors (Lipinski definition) is 5. The van der Waals surface area contributed by atoms with E-state index in [0.717, 1.165) is 25.9 Å². The van der Waals surface area contributed by atoms with Crippen LogP contribution in [0.5, 0.6) is 0 Å². The molecule has 0 aromatic carbocycles. The maximum atomic E-state index is 12.3. The molecule has 1 fully saturated rings. The van der Waals surface area contributed by atoms with Gasteiger partial charge in [-0.15, -0.1) is 5.10 Å². The molecule has 1 aliphatic rings. The first-order valence-electron chi connectivity index (χ1n) is 6.72. The SMILES string of the molecule is CC(C(=O)N1CCCC1)n1nnc(C(=O)O)c1CCN. The van der Waals surface area contributed by atoms with Gasteiger partial charge in [0, 0.05) is 19.5 Å². The zero-order chi connectivity index (χ0) is 14.7. The Morgan fingerprint density at radius 3 is 2.60 bits per heavy atom. The van der Waals surface area contributed by atoms with Crippen LogP contribution < -0.4 is 5.73 Å². The first kappa shape index (κ1) is 14.4. The molecule has 1 saturated heterocycles. The summed E-state index contributed by atoms with van der Waals surface area (Å²) >= 11 is 0. The molecule has 1 amide bonds. The van der Waals surface area contributed by atoms with Crippen LogP contribution >= 0.6 is 0 Å². The molecular formula is C12H19N5O3. The average molecular weight is 281 g/mol. The van der Waals surface area contributed by atoms with E-state index in [2.05, 4.69) is 10.3 Å².